The first-order valence-corrected chi connectivity index (χ1v) is 7.92. The number of aryl methyl sites for hydroxylation is 3. The molecule has 0 aliphatic carbocycles. The lowest BCUT2D eigenvalue weighted by Gasteiger charge is -2.13. The highest BCUT2D eigenvalue weighted by Gasteiger charge is 2.14. The predicted octanol–water partition coefficient (Wildman–Crippen LogP) is 3.55. The van der Waals surface area contributed by atoms with Gasteiger partial charge in [-0.05, 0) is 39.3 Å². The quantitative estimate of drug-likeness (QED) is 0.937. The van der Waals surface area contributed by atoms with Gasteiger partial charge < -0.3 is 5.32 Å². The van der Waals surface area contributed by atoms with Gasteiger partial charge in [0.05, 0.1) is 23.2 Å². The van der Waals surface area contributed by atoms with E-state index in [1.807, 2.05) is 19.2 Å². The lowest BCUT2D eigenvalue weighted by Crippen LogP contribution is -2.28. The van der Waals surface area contributed by atoms with E-state index in [0.29, 0.717) is 6.42 Å². The average molecular weight is 294 g/mol. The van der Waals surface area contributed by atoms with Crippen LogP contribution in [0, 0.1) is 20.8 Å². The average Bonchev–Trinajstić information content (AvgIpc) is 2.84. The first-order chi connectivity index (χ1) is 8.95. The summed E-state index contributed by atoms with van der Waals surface area (Å²) in [5.41, 5.74) is 2.07. The number of nitrogens with zero attached hydrogens (tertiary/aromatic N) is 1. The van der Waals surface area contributed by atoms with Crippen molar-refractivity contribution in [2.45, 2.75) is 40.2 Å². The Balaban J connectivity index is 1.97. The molecular formula is C14H18N2OS2. The monoisotopic (exact) mass is 294 g/mol. The predicted molar refractivity (Wildman–Crippen MR) is 80.9 cm³/mol. The van der Waals surface area contributed by atoms with Crippen LogP contribution in [0.5, 0.6) is 0 Å². The minimum atomic E-state index is 0.0288. The van der Waals surface area contributed by atoms with E-state index in [-0.39, 0.29) is 11.9 Å². The van der Waals surface area contributed by atoms with Crippen LogP contribution in [-0.4, -0.2) is 10.9 Å². The largest absolute Gasteiger partial charge is 0.349 e. The molecule has 0 radical (unpaired) electrons. The third kappa shape index (κ3) is 3.64. The third-order valence-corrected chi connectivity index (χ3v) is 4.74. The van der Waals surface area contributed by atoms with E-state index in [1.54, 1.807) is 22.7 Å². The van der Waals surface area contributed by atoms with E-state index in [4.69, 9.17) is 0 Å². The van der Waals surface area contributed by atoms with Crippen LogP contribution in [0.25, 0.3) is 0 Å². The van der Waals surface area contributed by atoms with Crippen molar-refractivity contribution >= 4 is 28.6 Å². The van der Waals surface area contributed by atoms with Crippen molar-refractivity contribution in [3.63, 3.8) is 0 Å². The summed E-state index contributed by atoms with van der Waals surface area (Å²) in [4.78, 5) is 18.8. The molecule has 0 saturated heterocycles. The van der Waals surface area contributed by atoms with Gasteiger partial charge in [0.15, 0.2) is 0 Å². The minimum absolute atomic E-state index is 0.0288. The number of thiazole rings is 1. The standard InChI is InChI=1S/C14H18N2OS2/c1-8-5-13(10(3)19-8)9(2)15-14(17)6-12-7-18-11(4)16-12/h5,7,9H,6H2,1-4H3,(H,15,17). The zero-order chi connectivity index (χ0) is 14.0. The van der Waals surface area contributed by atoms with Crippen molar-refractivity contribution in [2.75, 3.05) is 0 Å². The zero-order valence-electron chi connectivity index (χ0n) is 11.6. The summed E-state index contributed by atoms with van der Waals surface area (Å²) in [7, 11) is 0. The fraction of sp³-hybridized carbons (Fsp3) is 0.429. The van der Waals surface area contributed by atoms with Crippen molar-refractivity contribution in [2.24, 2.45) is 0 Å². The summed E-state index contributed by atoms with van der Waals surface area (Å²) in [6.45, 7) is 8.16. The van der Waals surface area contributed by atoms with Crippen LogP contribution in [0.3, 0.4) is 0 Å². The van der Waals surface area contributed by atoms with Crippen LogP contribution < -0.4 is 5.32 Å². The highest BCUT2D eigenvalue weighted by atomic mass is 32.1. The molecule has 0 fully saturated rings. The molecule has 3 nitrogen and oxygen atoms in total. The fourth-order valence-electron chi connectivity index (χ4n) is 2.10. The summed E-state index contributed by atoms with van der Waals surface area (Å²) in [6.07, 6.45) is 0.358. The van der Waals surface area contributed by atoms with Gasteiger partial charge in [-0.1, -0.05) is 0 Å². The molecule has 19 heavy (non-hydrogen) atoms. The van der Waals surface area contributed by atoms with E-state index in [9.17, 15) is 4.79 Å². The number of nitrogens with one attached hydrogen (secondary N) is 1. The van der Waals surface area contributed by atoms with Crippen molar-refractivity contribution in [3.8, 4) is 0 Å². The van der Waals surface area contributed by atoms with Crippen LogP contribution >= 0.6 is 22.7 Å². The Morgan fingerprint density at radius 2 is 2.16 bits per heavy atom. The van der Waals surface area contributed by atoms with Gasteiger partial charge in [-0.25, -0.2) is 4.98 Å². The Hall–Kier alpha value is -1.20. The van der Waals surface area contributed by atoms with Crippen LogP contribution in [-0.2, 0) is 11.2 Å². The SMILES string of the molecule is Cc1cc(C(C)NC(=O)Cc2csc(C)n2)c(C)s1. The molecule has 5 heteroatoms. The number of carbonyl (C=O) groups excluding carboxylic acids is 1. The van der Waals surface area contributed by atoms with Crippen LogP contribution in [0.15, 0.2) is 11.4 Å². The third-order valence-electron chi connectivity index (χ3n) is 2.93. The minimum Gasteiger partial charge on any atom is -0.349 e. The summed E-state index contributed by atoms with van der Waals surface area (Å²) < 4.78 is 0. The number of hydrogen-bond acceptors (Lipinski definition) is 4. The van der Waals surface area contributed by atoms with Crippen molar-refractivity contribution in [1.82, 2.24) is 10.3 Å². The molecule has 2 aromatic heterocycles. The summed E-state index contributed by atoms with van der Waals surface area (Å²) >= 11 is 3.35. The molecule has 2 aromatic rings. The van der Waals surface area contributed by atoms with Gasteiger partial charge in [0.2, 0.25) is 5.91 Å². The van der Waals surface area contributed by atoms with Crippen molar-refractivity contribution in [3.05, 3.63) is 37.5 Å². The molecular weight excluding hydrogens is 276 g/mol. The van der Waals surface area contributed by atoms with Crippen molar-refractivity contribution in [1.29, 1.82) is 0 Å². The Labute approximate surface area is 121 Å². The molecule has 1 atom stereocenters. The summed E-state index contributed by atoms with van der Waals surface area (Å²) in [5, 5.41) is 5.98. The van der Waals surface area contributed by atoms with E-state index in [0.717, 1.165) is 10.7 Å². The van der Waals surface area contributed by atoms with E-state index >= 15 is 0 Å². The van der Waals surface area contributed by atoms with E-state index in [2.05, 4.69) is 30.2 Å². The first-order valence-electron chi connectivity index (χ1n) is 6.23. The first kappa shape index (κ1) is 14.2. The molecule has 2 rings (SSSR count). The van der Waals surface area contributed by atoms with E-state index < -0.39 is 0 Å². The fourth-order valence-corrected chi connectivity index (χ4v) is 3.74. The Morgan fingerprint density at radius 1 is 1.42 bits per heavy atom. The molecule has 102 valence electrons. The maximum Gasteiger partial charge on any atom is 0.226 e. The number of rotatable bonds is 4. The number of hydrogen-bond donors (Lipinski definition) is 1. The van der Waals surface area contributed by atoms with Gasteiger partial charge in [-0.2, -0.15) is 0 Å². The molecule has 1 amide bonds. The molecule has 0 aromatic carbocycles. The Morgan fingerprint density at radius 3 is 2.68 bits per heavy atom. The van der Waals surface area contributed by atoms with Crippen LogP contribution in [0.1, 0.15) is 39.0 Å². The highest BCUT2D eigenvalue weighted by molar-refractivity contribution is 7.12. The smallest absolute Gasteiger partial charge is 0.226 e. The number of aromatic nitrogens is 1. The molecule has 1 unspecified atom stereocenters. The molecule has 0 bridgehead atoms. The van der Waals surface area contributed by atoms with E-state index in [1.165, 1.54) is 15.3 Å². The summed E-state index contributed by atoms with van der Waals surface area (Å²) in [6, 6.07) is 2.20. The normalized spacial score (nSPS) is 12.4. The topological polar surface area (TPSA) is 42.0 Å². The zero-order valence-corrected chi connectivity index (χ0v) is 13.2. The number of amides is 1. The summed E-state index contributed by atoms with van der Waals surface area (Å²) in [5.74, 6) is 0.0288. The second-order valence-electron chi connectivity index (χ2n) is 4.69. The molecule has 2 heterocycles. The Bertz CT molecular complexity index is 586. The number of thiophene rings is 1. The molecule has 0 aliphatic rings. The van der Waals surface area contributed by atoms with Crippen LogP contribution in [0.2, 0.25) is 0 Å². The van der Waals surface area contributed by atoms with Gasteiger partial charge >= 0.3 is 0 Å². The van der Waals surface area contributed by atoms with Crippen molar-refractivity contribution < 1.29 is 4.79 Å². The second-order valence-corrected chi connectivity index (χ2v) is 7.22. The maximum absolute atomic E-state index is 12.0. The molecule has 1 N–H and O–H groups in total. The lowest BCUT2D eigenvalue weighted by molar-refractivity contribution is -0.121. The highest BCUT2D eigenvalue weighted by Crippen LogP contribution is 2.26. The molecule has 0 aliphatic heterocycles. The Kier molecular flexibility index (Phi) is 4.37. The van der Waals surface area contributed by atoms with Gasteiger partial charge in [-0.15, -0.1) is 22.7 Å². The van der Waals surface area contributed by atoms with Gasteiger partial charge in [0.1, 0.15) is 0 Å². The van der Waals surface area contributed by atoms with Gasteiger partial charge in [-0.3, -0.25) is 4.79 Å². The lowest BCUT2D eigenvalue weighted by atomic mass is 10.1. The van der Waals surface area contributed by atoms with Crippen LogP contribution in [0.4, 0.5) is 0 Å². The second kappa shape index (κ2) is 5.84. The van der Waals surface area contributed by atoms with Gasteiger partial charge in [0, 0.05) is 15.1 Å². The maximum atomic E-state index is 12.0. The molecule has 0 saturated carbocycles. The number of carbonyl (C=O) groups is 1. The van der Waals surface area contributed by atoms with Gasteiger partial charge in [0.25, 0.3) is 0 Å². The molecule has 0 spiro atoms.